The average molecular weight is 381 g/mol. The standard InChI is InChI=1S/C24H19N3O2/c28-23(17-29-22-13-12-18-7-4-5-10-20(18)15-22)26-27-24(19-8-2-1-3-9-19)21-11-6-14-25-16-21/h1-16H,17H2,(H,26,28)/b27-24+. The van der Waals surface area contributed by atoms with E-state index in [4.69, 9.17) is 4.74 Å². The Morgan fingerprint density at radius 1 is 0.862 bits per heavy atom. The lowest BCUT2D eigenvalue weighted by atomic mass is 10.0. The minimum Gasteiger partial charge on any atom is -0.484 e. The molecular formula is C24H19N3O2. The van der Waals surface area contributed by atoms with Crippen LogP contribution in [0.3, 0.4) is 0 Å². The highest BCUT2D eigenvalue weighted by atomic mass is 16.5. The van der Waals surface area contributed by atoms with E-state index in [2.05, 4.69) is 15.5 Å². The summed E-state index contributed by atoms with van der Waals surface area (Å²) in [6, 6.07) is 27.1. The van der Waals surface area contributed by atoms with Crippen LogP contribution >= 0.6 is 0 Å². The fourth-order valence-corrected chi connectivity index (χ4v) is 2.95. The zero-order chi connectivity index (χ0) is 19.9. The zero-order valence-electron chi connectivity index (χ0n) is 15.7. The SMILES string of the molecule is O=C(COc1ccc2ccccc2c1)N/N=C(\c1ccccc1)c1cccnc1. The van der Waals surface area contributed by atoms with E-state index in [0.717, 1.165) is 21.9 Å². The topological polar surface area (TPSA) is 63.6 Å². The Morgan fingerprint density at radius 3 is 2.41 bits per heavy atom. The van der Waals surface area contributed by atoms with Crippen molar-refractivity contribution in [1.29, 1.82) is 0 Å². The molecule has 142 valence electrons. The van der Waals surface area contributed by atoms with Gasteiger partial charge in [-0.15, -0.1) is 0 Å². The van der Waals surface area contributed by atoms with E-state index in [9.17, 15) is 4.79 Å². The van der Waals surface area contributed by atoms with E-state index in [1.165, 1.54) is 0 Å². The Labute approximate surface area is 168 Å². The fraction of sp³-hybridized carbons (Fsp3) is 0.0417. The van der Waals surface area contributed by atoms with Crippen molar-refractivity contribution in [2.75, 3.05) is 6.61 Å². The second-order valence-electron chi connectivity index (χ2n) is 6.40. The van der Waals surface area contributed by atoms with Crippen molar-refractivity contribution < 1.29 is 9.53 Å². The Morgan fingerprint density at radius 2 is 1.62 bits per heavy atom. The summed E-state index contributed by atoms with van der Waals surface area (Å²) in [5.41, 5.74) is 4.92. The number of ether oxygens (including phenoxy) is 1. The lowest BCUT2D eigenvalue weighted by Gasteiger charge is -2.09. The molecule has 5 nitrogen and oxygen atoms in total. The normalized spacial score (nSPS) is 11.2. The number of aromatic nitrogens is 1. The highest BCUT2D eigenvalue weighted by Gasteiger charge is 2.09. The zero-order valence-corrected chi connectivity index (χ0v) is 15.7. The summed E-state index contributed by atoms with van der Waals surface area (Å²) in [6.45, 7) is -0.128. The van der Waals surface area contributed by atoms with Crippen LogP contribution in [0, 0.1) is 0 Å². The van der Waals surface area contributed by atoms with E-state index < -0.39 is 0 Å². The van der Waals surface area contributed by atoms with Crippen LogP contribution in [0.15, 0.2) is 102 Å². The largest absolute Gasteiger partial charge is 0.484 e. The number of benzene rings is 3. The molecule has 0 radical (unpaired) electrons. The second-order valence-corrected chi connectivity index (χ2v) is 6.40. The third kappa shape index (κ3) is 4.65. The molecule has 4 aromatic rings. The smallest absolute Gasteiger partial charge is 0.277 e. The molecular weight excluding hydrogens is 362 g/mol. The number of amides is 1. The van der Waals surface area contributed by atoms with Gasteiger partial charge in [0.25, 0.3) is 5.91 Å². The molecule has 0 saturated heterocycles. The van der Waals surface area contributed by atoms with Gasteiger partial charge >= 0.3 is 0 Å². The lowest BCUT2D eigenvalue weighted by molar-refractivity contribution is -0.123. The number of rotatable bonds is 6. The number of carbonyl (C=O) groups excluding carboxylic acids is 1. The first-order valence-electron chi connectivity index (χ1n) is 9.23. The number of carbonyl (C=O) groups is 1. The Bertz CT molecular complexity index is 1100. The van der Waals surface area contributed by atoms with Crippen LogP contribution < -0.4 is 10.2 Å². The van der Waals surface area contributed by atoms with Crippen LogP contribution in [0.1, 0.15) is 11.1 Å². The minimum atomic E-state index is -0.338. The molecule has 0 aliphatic rings. The number of fused-ring (bicyclic) bond motifs is 1. The molecule has 0 bridgehead atoms. The van der Waals surface area contributed by atoms with Crippen molar-refractivity contribution in [3.8, 4) is 5.75 Å². The Hall–Kier alpha value is -3.99. The minimum absolute atomic E-state index is 0.128. The third-order valence-electron chi connectivity index (χ3n) is 4.37. The molecule has 5 heteroatoms. The second kappa shape index (κ2) is 8.80. The maximum atomic E-state index is 12.3. The number of pyridine rings is 1. The van der Waals surface area contributed by atoms with Crippen LogP contribution in [-0.2, 0) is 4.79 Å². The van der Waals surface area contributed by atoms with E-state index in [1.54, 1.807) is 12.4 Å². The average Bonchev–Trinajstić information content (AvgIpc) is 2.79. The quantitative estimate of drug-likeness (QED) is 0.402. The van der Waals surface area contributed by atoms with Crippen LogP contribution in [0.25, 0.3) is 10.8 Å². The van der Waals surface area contributed by atoms with Crippen LogP contribution in [0.2, 0.25) is 0 Å². The van der Waals surface area contributed by atoms with Crippen molar-refractivity contribution >= 4 is 22.4 Å². The summed E-state index contributed by atoms with van der Waals surface area (Å²) in [7, 11) is 0. The molecule has 29 heavy (non-hydrogen) atoms. The van der Waals surface area contributed by atoms with E-state index in [1.807, 2.05) is 84.9 Å². The number of nitrogens with one attached hydrogen (secondary N) is 1. The van der Waals surface area contributed by atoms with Crippen molar-refractivity contribution in [3.05, 3.63) is 108 Å². The van der Waals surface area contributed by atoms with Gasteiger partial charge in [-0.1, -0.05) is 60.7 Å². The van der Waals surface area contributed by atoms with Crippen molar-refractivity contribution in [3.63, 3.8) is 0 Å². The van der Waals surface area contributed by atoms with Gasteiger partial charge < -0.3 is 4.74 Å². The maximum absolute atomic E-state index is 12.3. The van der Waals surface area contributed by atoms with Gasteiger partial charge in [-0.3, -0.25) is 9.78 Å². The highest BCUT2D eigenvalue weighted by molar-refractivity contribution is 6.12. The van der Waals surface area contributed by atoms with Gasteiger partial charge in [0.2, 0.25) is 0 Å². The van der Waals surface area contributed by atoms with Gasteiger partial charge in [0.15, 0.2) is 6.61 Å². The number of hydrazone groups is 1. The summed E-state index contributed by atoms with van der Waals surface area (Å²) in [4.78, 5) is 16.4. The van der Waals surface area contributed by atoms with E-state index in [0.29, 0.717) is 11.5 Å². The first-order valence-corrected chi connectivity index (χ1v) is 9.23. The van der Waals surface area contributed by atoms with E-state index in [-0.39, 0.29) is 12.5 Å². The predicted molar refractivity (Wildman–Crippen MR) is 114 cm³/mol. The molecule has 0 atom stereocenters. The molecule has 3 aromatic carbocycles. The van der Waals surface area contributed by atoms with Gasteiger partial charge in [0.1, 0.15) is 5.75 Å². The number of hydrogen-bond acceptors (Lipinski definition) is 4. The van der Waals surface area contributed by atoms with Crippen molar-refractivity contribution in [2.45, 2.75) is 0 Å². The Balaban J connectivity index is 1.46. The molecule has 0 unspecified atom stereocenters. The highest BCUT2D eigenvalue weighted by Crippen LogP contribution is 2.20. The number of nitrogens with zero attached hydrogens (tertiary/aromatic N) is 2. The molecule has 0 aliphatic carbocycles. The first-order chi connectivity index (χ1) is 14.3. The maximum Gasteiger partial charge on any atom is 0.277 e. The molecule has 1 heterocycles. The molecule has 4 rings (SSSR count). The van der Waals surface area contributed by atoms with Crippen LogP contribution in [0.4, 0.5) is 0 Å². The van der Waals surface area contributed by atoms with Gasteiger partial charge in [-0.25, -0.2) is 5.43 Å². The first kappa shape index (κ1) is 18.4. The molecule has 0 saturated carbocycles. The van der Waals surface area contributed by atoms with Crippen molar-refractivity contribution in [2.24, 2.45) is 5.10 Å². The number of hydrogen-bond donors (Lipinski definition) is 1. The molecule has 0 aliphatic heterocycles. The van der Waals surface area contributed by atoms with Gasteiger partial charge in [-0.05, 0) is 35.0 Å². The summed E-state index contributed by atoms with van der Waals surface area (Å²) in [5.74, 6) is 0.300. The van der Waals surface area contributed by atoms with Gasteiger partial charge in [0, 0.05) is 23.5 Å². The summed E-state index contributed by atoms with van der Waals surface area (Å²) >= 11 is 0. The molecule has 0 fully saturated rings. The van der Waals surface area contributed by atoms with Crippen molar-refractivity contribution in [1.82, 2.24) is 10.4 Å². The van der Waals surface area contributed by atoms with Crippen LogP contribution in [0.5, 0.6) is 5.75 Å². The molecule has 0 spiro atoms. The van der Waals surface area contributed by atoms with Crippen LogP contribution in [-0.4, -0.2) is 23.2 Å². The summed E-state index contributed by atoms with van der Waals surface area (Å²) in [6.07, 6.45) is 3.41. The third-order valence-corrected chi connectivity index (χ3v) is 4.37. The van der Waals surface area contributed by atoms with Gasteiger partial charge in [-0.2, -0.15) is 5.10 Å². The monoisotopic (exact) mass is 381 g/mol. The predicted octanol–water partition coefficient (Wildman–Crippen LogP) is 4.18. The Kier molecular flexibility index (Phi) is 5.58. The van der Waals surface area contributed by atoms with Gasteiger partial charge in [0.05, 0.1) is 5.71 Å². The molecule has 1 aromatic heterocycles. The molecule has 1 amide bonds. The summed E-state index contributed by atoms with van der Waals surface area (Å²) in [5, 5.41) is 6.51. The molecule has 1 N–H and O–H groups in total. The summed E-state index contributed by atoms with van der Waals surface area (Å²) < 4.78 is 5.63. The van der Waals surface area contributed by atoms with E-state index >= 15 is 0 Å². The lowest BCUT2D eigenvalue weighted by Crippen LogP contribution is -2.26. The fourth-order valence-electron chi connectivity index (χ4n) is 2.95.